The van der Waals surface area contributed by atoms with Crippen molar-refractivity contribution in [2.24, 2.45) is 5.41 Å². The first kappa shape index (κ1) is 15.8. The third-order valence-electron chi connectivity index (χ3n) is 4.15. The molecule has 5 nitrogen and oxygen atoms in total. The Hall–Kier alpha value is -1.56. The quantitative estimate of drug-likeness (QED) is 0.813. The first-order valence-electron chi connectivity index (χ1n) is 7.32. The molecule has 21 heavy (non-hydrogen) atoms. The lowest BCUT2D eigenvalue weighted by Crippen LogP contribution is -2.47. The van der Waals surface area contributed by atoms with E-state index in [9.17, 15) is 9.59 Å². The van der Waals surface area contributed by atoms with Crippen LogP contribution in [0.3, 0.4) is 0 Å². The Morgan fingerprint density at radius 3 is 2.71 bits per heavy atom. The van der Waals surface area contributed by atoms with E-state index in [2.05, 4.69) is 5.32 Å². The van der Waals surface area contributed by atoms with Crippen molar-refractivity contribution in [3.05, 3.63) is 22.4 Å². The molecule has 0 aliphatic heterocycles. The van der Waals surface area contributed by atoms with Crippen molar-refractivity contribution in [1.29, 1.82) is 0 Å². The molecule has 0 atom stereocenters. The fourth-order valence-corrected chi connectivity index (χ4v) is 3.43. The molecule has 2 amide bonds. The maximum Gasteiger partial charge on any atom is 0.317 e. The molecular formula is C15H22N2O3S. The van der Waals surface area contributed by atoms with Gasteiger partial charge in [0.1, 0.15) is 0 Å². The number of hydrogen-bond acceptors (Lipinski definition) is 3. The highest BCUT2D eigenvalue weighted by Crippen LogP contribution is 2.43. The van der Waals surface area contributed by atoms with E-state index in [0.717, 1.165) is 24.1 Å². The number of carbonyl (C=O) groups is 2. The minimum atomic E-state index is -0.783. The maximum atomic E-state index is 12.2. The number of carbonyl (C=O) groups excluding carboxylic acids is 1. The Labute approximate surface area is 129 Å². The molecule has 1 fully saturated rings. The van der Waals surface area contributed by atoms with E-state index in [-0.39, 0.29) is 17.9 Å². The van der Waals surface area contributed by atoms with Crippen molar-refractivity contribution in [2.75, 3.05) is 13.1 Å². The fraction of sp³-hybridized carbons (Fsp3) is 0.600. The van der Waals surface area contributed by atoms with Crippen LogP contribution in [0.1, 0.15) is 37.5 Å². The Kier molecular flexibility index (Phi) is 5.22. The first-order chi connectivity index (χ1) is 10.0. The van der Waals surface area contributed by atoms with Crippen LogP contribution in [0.2, 0.25) is 0 Å². The smallest absolute Gasteiger partial charge is 0.317 e. The second-order valence-corrected chi connectivity index (χ2v) is 6.71. The monoisotopic (exact) mass is 310 g/mol. The number of amides is 2. The third-order valence-corrected chi connectivity index (χ3v) is 5.01. The molecule has 1 aliphatic rings. The second-order valence-electron chi connectivity index (χ2n) is 5.68. The van der Waals surface area contributed by atoms with E-state index >= 15 is 0 Å². The standard InChI is InChI=1S/C15H22N2O3S/c1-2-17(10-12-5-3-8-21-12)14(20)16-11-15(6-4-7-15)9-13(18)19/h3,5,8H,2,4,6-7,9-11H2,1H3,(H,16,20)(H,18,19). The third kappa shape index (κ3) is 4.20. The summed E-state index contributed by atoms with van der Waals surface area (Å²) in [7, 11) is 0. The molecule has 1 saturated carbocycles. The molecule has 0 saturated heterocycles. The molecule has 2 N–H and O–H groups in total. The normalized spacial score (nSPS) is 16.0. The van der Waals surface area contributed by atoms with E-state index in [1.54, 1.807) is 16.2 Å². The van der Waals surface area contributed by atoms with Crippen LogP contribution in [0.4, 0.5) is 4.79 Å². The lowest BCUT2D eigenvalue weighted by molar-refractivity contribution is -0.141. The van der Waals surface area contributed by atoms with Crippen LogP contribution in [0.5, 0.6) is 0 Å². The average Bonchev–Trinajstić information content (AvgIpc) is 2.91. The topological polar surface area (TPSA) is 69.6 Å². The van der Waals surface area contributed by atoms with Crippen molar-refractivity contribution in [3.8, 4) is 0 Å². The van der Waals surface area contributed by atoms with Gasteiger partial charge in [0.2, 0.25) is 0 Å². The first-order valence-corrected chi connectivity index (χ1v) is 8.19. The highest BCUT2D eigenvalue weighted by Gasteiger charge is 2.39. The van der Waals surface area contributed by atoms with Gasteiger partial charge in [-0.3, -0.25) is 4.79 Å². The molecule has 0 bridgehead atoms. The van der Waals surface area contributed by atoms with Gasteiger partial charge in [-0.1, -0.05) is 12.5 Å². The number of carboxylic acids is 1. The highest BCUT2D eigenvalue weighted by molar-refractivity contribution is 7.09. The Bertz CT molecular complexity index is 483. The largest absolute Gasteiger partial charge is 0.481 e. The molecule has 116 valence electrons. The van der Waals surface area contributed by atoms with Gasteiger partial charge in [0.05, 0.1) is 13.0 Å². The van der Waals surface area contributed by atoms with E-state index in [4.69, 9.17) is 5.11 Å². The van der Waals surface area contributed by atoms with Crippen molar-refractivity contribution in [1.82, 2.24) is 10.2 Å². The van der Waals surface area contributed by atoms with Crippen LogP contribution in [-0.2, 0) is 11.3 Å². The van der Waals surface area contributed by atoms with Gasteiger partial charge < -0.3 is 15.3 Å². The lowest BCUT2D eigenvalue weighted by Gasteiger charge is -2.41. The van der Waals surface area contributed by atoms with Crippen molar-refractivity contribution in [3.63, 3.8) is 0 Å². The number of nitrogens with one attached hydrogen (secondary N) is 1. The SMILES string of the molecule is CCN(Cc1cccs1)C(=O)NCC1(CC(=O)O)CCC1. The van der Waals surface area contributed by atoms with Crippen LogP contribution >= 0.6 is 11.3 Å². The maximum absolute atomic E-state index is 12.2. The summed E-state index contributed by atoms with van der Waals surface area (Å²) in [4.78, 5) is 26.1. The second kappa shape index (κ2) is 6.93. The summed E-state index contributed by atoms with van der Waals surface area (Å²) < 4.78 is 0. The fourth-order valence-electron chi connectivity index (χ4n) is 2.71. The zero-order valence-corrected chi connectivity index (χ0v) is 13.1. The molecule has 0 unspecified atom stereocenters. The molecule has 0 spiro atoms. The van der Waals surface area contributed by atoms with E-state index in [0.29, 0.717) is 19.6 Å². The summed E-state index contributed by atoms with van der Waals surface area (Å²) in [6.45, 7) is 3.64. The number of thiophene rings is 1. The molecule has 1 heterocycles. The average molecular weight is 310 g/mol. The molecule has 2 rings (SSSR count). The summed E-state index contributed by atoms with van der Waals surface area (Å²) in [5.41, 5.74) is -0.232. The van der Waals surface area contributed by atoms with Crippen molar-refractivity contribution < 1.29 is 14.7 Å². The number of rotatable bonds is 7. The van der Waals surface area contributed by atoms with Crippen molar-refractivity contribution >= 4 is 23.3 Å². The number of hydrogen-bond donors (Lipinski definition) is 2. The van der Waals surface area contributed by atoms with Gasteiger partial charge in [0.15, 0.2) is 0 Å². The Morgan fingerprint density at radius 1 is 1.48 bits per heavy atom. The number of nitrogens with zero attached hydrogens (tertiary/aromatic N) is 1. The number of aliphatic carboxylic acids is 1. The molecule has 6 heteroatoms. The molecule has 1 aromatic rings. The summed E-state index contributed by atoms with van der Waals surface area (Å²) in [5.74, 6) is -0.783. The summed E-state index contributed by atoms with van der Waals surface area (Å²) in [5, 5.41) is 13.9. The minimum absolute atomic E-state index is 0.109. The van der Waals surface area contributed by atoms with Crippen LogP contribution in [0.25, 0.3) is 0 Å². The van der Waals surface area contributed by atoms with E-state index in [1.165, 1.54) is 0 Å². The van der Waals surface area contributed by atoms with E-state index < -0.39 is 5.97 Å². The number of urea groups is 1. The molecule has 1 aliphatic carbocycles. The molecular weight excluding hydrogens is 288 g/mol. The highest BCUT2D eigenvalue weighted by atomic mass is 32.1. The van der Waals surface area contributed by atoms with Crippen LogP contribution < -0.4 is 5.32 Å². The summed E-state index contributed by atoms with van der Waals surface area (Å²) in [6.07, 6.45) is 2.97. The van der Waals surface area contributed by atoms with Crippen LogP contribution in [0.15, 0.2) is 17.5 Å². The van der Waals surface area contributed by atoms with Gasteiger partial charge in [-0.25, -0.2) is 4.79 Å². The minimum Gasteiger partial charge on any atom is -0.481 e. The van der Waals surface area contributed by atoms with Gasteiger partial charge in [-0.2, -0.15) is 0 Å². The van der Waals surface area contributed by atoms with Gasteiger partial charge >= 0.3 is 12.0 Å². The molecule has 1 aromatic heterocycles. The van der Waals surface area contributed by atoms with Gasteiger partial charge in [0.25, 0.3) is 0 Å². The predicted octanol–water partition coefficient (Wildman–Crippen LogP) is 2.92. The van der Waals surface area contributed by atoms with E-state index in [1.807, 2.05) is 24.4 Å². The van der Waals surface area contributed by atoms with Crippen LogP contribution in [-0.4, -0.2) is 35.1 Å². The number of carboxylic acid groups (broad SMARTS) is 1. The van der Waals surface area contributed by atoms with Crippen LogP contribution in [0, 0.1) is 5.41 Å². The lowest BCUT2D eigenvalue weighted by atomic mass is 9.66. The zero-order valence-electron chi connectivity index (χ0n) is 12.3. The zero-order chi connectivity index (χ0) is 15.3. The van der Waals surface area contributed by atoms with Gasteiger partial charge in [-0.15, -0.1) is 11.3 Å². The summed E-state index contributed by atoms with van der Waals surface area (Å²) >= 11 is 1.63. The molecule has 0 radical (unpaired) electrons. The Balaban J connectivity index is 1.86. The summed E-state index contributed by atoms with van der Waals surface area (Å²) in [6, 6.07) is 3.88. The predicted molar refractivity (Wildman–Crippen MR) is 82.3 cm³/mol. The van der Waals surface area contributed by atoms with Gasteiger partial charge in [-0.05, 0) is 36.6 Å². The van der Waals surface area contributed by atoms with Crippen molar-refractivity contribution in [2.45, 2.75) is 39.2 Å². The van der Waals surface area contributed by atoms with Gasteiger partial charge in [0, 0.05) is 18.0 Å². The molecule has 0 aromatic carbocycles. The Morgan fingerprint density at radius 2 is 2.24 bits per heavy atom.